The molecule has 0 bridgehead atoms. The van der Waals surface area contributed by atoms with Gasteiger partial charge in [-0.1, -0.05) is 15.9 Å². The number of hydrogen-bond donors (Lipinski definition) is 1. The van der Waals surface area contributed by atoms with Crippen molar-refractivity contribution in [3.8, 4) is 11.5 Å². The molecule has 19 heavy (non-hydrogen) atoms. The van der Waals surface area contributed by atoms with Crippen molar-refractivity contribution in [2.75, 3.05) is 18.5 Å². The molecule has 2 aliphatic rings. The van der Waals surface area contributed by atoms with Crippen molar-refractivity contribution >= 4 is 26.0 Å². The summed E-state index contributed by atoms with van der Waals surface area (Å²) in [5, 5.41) is 0.629. The maximum Gasteiger partial charge on any atom is 0.241 e. The van der Waals surface area contributed by atoms with Crippen LogP contribution in [0.1, 0.15) is 12.8 Å². The number of alkyl halides is 1. The molecule has 0 saturated heterocycles. The van der Waals surface area contributed by atoms with Crippen molar-refractivity contribution in [2.24, 2.45) is 0 Å². The van der Waals surface area contributed by atoms with Crippen LogP contribution in [0.15, 0.2) is 23.1 Å². The van der Waals surface area contributed by atoms with E-state index in [4.69, 9.17) is 9.47 Å². The number of halogens is 1. The van der Waals surface area contributed by atoms with E-state index in [0.717, 1.165) is 12.8 Å². The van der Waals surface area contributed by atoms with Gasteiger partial charge >= 0.3 is 0 Å². The fourth-order valence-corrected chi connectivity index (χ4v) is 4.31. The second-order valence-electron chi connectivity index (χ2n) is 4.82. The minimum absolute atomic E-state index is 0.212. The Labute approximate surface area is 120 Å². The number of fused-ring (bicyclic) bond motifs is 1. The Morgan fingerprint density at radius 3 is 2.53 bits per heavy atom. The van der Waals surface area contributed by atoms with Gasteiger partial charge in [-0.3, -0.25) is 0 Å². The molecule has 1 saturated carbocycles. The van der Waals surface area contributed by atoms with Gasteiger partial charge in [0.05, 0.1) is 4.90 Å². The molecule has 7 heteroatoms. The third kappa shape index (κ3) is 2.59. The van der Waals surface area contributed by atoms with Crippen molar-refractivity contribution in [3.05, 3.63) is 18.2 Å². The lowest BCUT2D eigenvalue weighted by Gasteiger charge is -2.20. The highest BCUT2D eigenvalue weighted by molar-refractivity contribution is 9.09. The summed E-state index contributed by atoms with van der Waals surface area (Å²) in [5.74, 6) is 1.07. The summed E-state index contributed by atoms with van der Waals surface area (Å²) >= 11 is 3.35. The van der Waals surface area contributed by atoms with Crippen LogP contribution < -0.4 is 14.2 Å². The van der Waals surface area contributed by atoms with Gasteiger partial charge in [-0.05, 0) is 25.0 Å². The van der Waals surface area contributed by atoms with E-state index in [9.17, 15) is 8.42 Å². The lowest BCUT2D eigenvalue weighted by molar-refractivity contribution is 0.171. The highest BCUT2D eigenvalue weighted by Crippen LogP contribution is 2.39. The average molecular weight is 348 g/mol. The van der Waals surface area contributed by atoms with Crippen molar-refractivity contribution in [1.82, 2.24) is 4.72 Å². The Balaban J connectivity index is 1.89. The van der Waals surface area contributed by atoms with Crippen molar-refractivity contribution in [3.63, 3.8) is 0 Å². The molecule has 1 N–H and O–H groups in total. The first kappa shape index (κ1) is 13.2. The van der Waals surface area contributed by atoms with Gasteiger partial charge in [-0.25, -0.2) is 13.1 Å². The monoisotopic (exact) mass is 347 g/mol. The number of benzene rings is 1. The first-order valence-electron chi connectivity index (χ1n) is 6.04. The zero-order chi connectivity index (χ0) is 13.5. The second kappa shape index (κ2) is 4.64. The zero-order valence-corrected chi connectivity index (χ0v) is 12.6. The van der Waals surface area contributed by atoms with E-state index in [0.29, 0.717) is 30.0 Å². The molecule has 1 aromatic carbocycles. The standard InChI is InChI=1S/C12H14BrNO4S/c13-8-12(3-4-12)14-19(15,16)9-1-2-10-11(7-9)18-6-5-17-10/h1-2,7,14H,3-6,8H2. The van der Waals surface area contributed by atoms with E-state index in [1.165, 1.54) is 6.07 Å². The number of hydrogen-bond acceptors (Lipinski definition) is 4. The highest BCUT2D eigenvalue weighted by atomic mass is 79.9. The predicted octanol–water partition coefficient (Wildman–Crippen LogP) is 1.66. The summed E-state index contributed by atoms with van der Waals surface area (Å²) in [6, 6.07) is 4.69. The molecule has 3 rings (SSSR count). The summed E-state index contributed by atoms with van der Waals surface area (Å²) in [7, 11) is -3.52. The van der Waals surface area contributed by atoms with Crippen molar-refractivity contribution < 1.29 is 17.9 Å². The maximum absolute atomic E-state index is 12.3. The molecule has 1 fully saturated rings. The van der Waals surface area contributed by atoms with Gasteiger partial charge in [0.2, 0.25) is 10.0 Å². The Morgan fingerprint density at radius 2 is 1.89 bits per heavy atom. The van der Waals surface area contributed by atoms with Crippen molar-refractivity contribution in [2.45, 2.75) is 23.3 Å². The molecule has 0 unspecified atom stereocenters. The lowest BCUT2D eigenvalue weighted by Crippen LogP contribution is -2.38. The Hall–Kier alpha value is -0.790. The Morgan fingerprint density at radius 1 is 1.21 bits per heavy atom. The highest BCUT2D eigenvalue weighted by Gasteiger charge is 2.45. The summed E-state index contributed by atoms with van der Waals surface area (Å²) in [6.07, 6.45) is 1.73. The van der Waals surface area contributed by atoms with Crippen LogP contribution in [0.5, 0.6) is 11.5 Å². The maximum atomic E-state index is 12.3. The molecule has 1 aliphatic carbocycles. The molecule has 5 nitrogen and oxygen atoms in total. The molecule has 0 aromatic heterocycles. The molecule has 0 spiro atoms. The van der Waals surface area contributed by atoms with Crippen LogP contribution in [0.25, 0.3) is 0 Å². The molecular weight excluding hydrogens is 334 g/mol. The minimum Gasteiger partial charge on any atom is -0.486 e. The topological polar surface area (TPSA) is 64.6 Å². The average Bonchev–Trinajstić information content (AvgIpc) is 3.18. The molecule has 0 atom stereocenters. The Bertz CT molecular complexity index is 598. The van der Waals surface area contributed by atoms with Crippen LogP contribution >= 0.6 is 15.9 Å². The van der Waals surface area contributed by atoms with E-state index >= 15 is 0 Å². The third-order valence-electron chi connectivity index (χ3n) is 3.28. The van der Waals surface area contributed by atoms with Crippen molar-refractivity contribution in [1.29, 1.82) is 0 Å². The normalized spacial score (nSPS) is 20.1. The quantitative estimate of drug-likeness (QED) is 0.841. The summed E-state index contributed by atoms with van der Waals surface area (Å²) in [4.78, 5) is 0.212. The summed E-state index contributed by atoms with van der Waals surface area (Å²) in [5.41, 5.74) is -0.313. The van der Waals surface area contributed by atoms with Crippen LogP contribution in [-0.4, -0.2) is 32.5 Å². The smallest absolute Gasteiger partial charge is 0.241 e. The van der Waals surface area contributed by atoms with E-state index in [-0.39, 0.29) is 10.4 Å². The SMILES string of the molecule is O=S(=O)(NC1(CBr)CC1)c1ccc2c(c1)OCCO2. The van der Waals surface area contributed by atoms with Gasteiger partial charge in [-0.2, -0.15) is 0 Å². The van der Waals surface area contributed by atoms with Crippen LogP contribution in [0.4, 0.5) is 0 Å². The van der Waals surface area contributed by atoms with Gasteiger partial charge in [0, 0.05) is 16.9 Å². The van der Waals surface area contributed by atoms with Crippen LogP contribution in [0.3, 0.4) is 0 Å². The van der Waals surface area contributed by atoms with Crippen LogP contribution in [0.2, 0.25) is 0 Å². The van der Waals surface area contributed by atoms with Crippen LogP contribution in [0, 0.1) is 0 Å². The first-order valence-corrected chi connectivity index (χ1v) is 8.65. The summed E-state index contributed by atoms with van der Waals surface area (Å²) in [6.45, 7) is 0.930. The van der Waals surface area contributed by atoms with E-state index in [1.54, 1.807) is 12.1 Å². The lowest BCUT2D eigenvalue weighted by atomic mass is 10.3. The van der Waals surface area contributed by atoms with E-state index in [1.807, 2.05) is 0 Å². The molecule has 1 aliphatic heterocycles. The van der Waals surface area contributed by atoms with Gasteiger partial charge in [0.15, 0.2) is 11.5 Å². The van der Waals surface area contributed by atoms with Gasteiger partial charge in [0.25, 0.3) is 0 Å². The third-order valence-corrected chi connectivity index (χ3v) is 5.93. The van der Waals surface area contributed by atoms with E-state index in [2.05, 4.69) is 20.7 Å². The minimum atomic E-state index is -3.52. The molecule has 0 radical (unpaired) electrons. The molecule has 0 amide bonds. The number of rotatable bonds is 4. The fraction of sp³-hybridized carbons (Fsp3) is 0.500. The van der Waals surface area contributed by atoms with Gasteiger partial charge in [0.1, 0.15) is 13.2 Å². The zero-order valence-electron chi connectivity index (χ0n) is 10.2. The fourth-order valence-electron chi connectivity index (χ4n) is 1.95. The largest absolute Gasteiger partial charge is 0.486 e. The van der Waals surface area contributed by atoms with Crippen LogP contribution in [-0.2, 0) is 10.0 Å². The molecule has 1 aromatic rings. The van der Waals surface area contributed by atoms with E-state index < -0.39 is 10.0 Å². The second-order valence-corrected chi connectivity index (χ2v) is 7.07. The summed E-state index contributed by atoms with van der Waals surface area (Å²) < 4.78 is 38.1. The van der Waals surface area contributed by atoms with Gasteiger partial charge in [-0.15, -0.1) is 0 Å². The first-order chi connectivity index (χ1) is 9.05. The number of nitrogens with one attached hydrogen (secondary N) is 1. The molecule has 104 valence electrons. The number of ether oxygens (including phenoxy) is 2. The predicted molar refractivity (Wildman–Crippen MR) is 73.5 cm³/mol. The number of sulfonamides is 1. The van der Waals surface area contributed by atoms with Gasteiger partial charge < -0.3 is 9.47 Å². The Kier molecular flexibility index (Phi) is 3.23. The molecule has 1 heterocycles. The molecular formula is C12H14BrNO4S.